The molecule has 1 aromatic heterocycles. The van der Waals surface area contributed by atoms with Crippen LogP contribution in [0.3, 0.4) is 0 Å². The van der Waals surface area contributed by atoms with Crippen molar-refractivity contribution < 1.29 is 0 Å². The highest BCUT2D eigenvalue weighted by Gasteiger charge is 2.11. The van der Waals surface area contributed by atoms with E-state index in [-0.39, 0.29) is 0 Å². The molecule has 4 heteroatoms. The highest BCUT2D eigenvalue weighted by Crippen LogP contribution is 2.28. The maximum absolute atomic E-state index is 4.41. The summed E-state index contributed by atoms with van der Waals surface area (Å²) in [6, 6.07) is 12.9. The Bertz CT molecular complexity index is 572. The van der Waals surface area contributed by atoms with Crippen LogP contribution in [-0.2, 0) is 6.54 Å². The van der Waals surface area contributed by atoms with Crippen LogP contribution < -0.4 is 10.2 Å². The third kappa shape index (κ3) is 4.05. The van der Waals surface area contributed by atoms with Crippen molar-refractivity contribution in [2.24, 2.45) is 0 Å². The predicted octanol–water partition coefficient (Wildman–Crippen LogP) is 4.15. The van der Waals surface area contributed by atoms with Gasteiger partial charge in [-0.3, -0.25) is 4.98 Å². The molecule has 0 aliphatic carbocycles. The average Bonchev–Trinajstić information content (AvgIpc) is 2.52. The van der Waals surface area contributed by atoms with Gasteiger partial charge in [-0.1, -0.05) is 28.1 Å². The summed E-state index contributed by atoms with van der Waals surface area (Å²) in [4.78, 5) is 6.73. The number of nitrogens with one attached hydrogen (secondary N) is 1. The van der Waals surface area contributed by atoms with E-state index < -0.39 is 0 Å². The van der Waals surface area contributed by atoms with Gasteiger partial charge < -0.3 is 10.2 Å². The number of nitrogens with zero attached hydrogens (tertiary/aromatic N) is 2. The van der Waals surface area contributed by atoms with Crippen LogP contribution in [0.15, 0.2) is 47.1 Å². The second-order valence-corrected chi connectivity index (χ2v) is 5.91. The van der Waals surface area contributed by atoms with E-state index >= 15 is 0 Å². The van der Waals surface area contributed by atoms with Crippen LogP contribution in [0.5, 0.6) is 0 Å². The number of anilines is 1. The number of aromatic nitrogens is 1. The van der Waals surface area contributed by atoms with E-state index in [9.17, 15) is 0 Å². The quantitative estimate of drug-likeness (QED) is 0.850. The van der Waals surface area contributed by atoms with E-state index in [4.69, 9.17) is 0 Å². The molecule has 0 bridgehead atoms. The molecule has 1 unspecified atom stereocenters. The predicted molar refractivity (Wildman–Crippen MR) is 92.6 cm³/mol. The Balaban J connectivity index is 2.21. The molecule has 0 spiro atoms. The van der Waals surface area contributed by atoms with Crippen LogP contribution in [0.25, 0.3) is 0 Å². The van der Waals surface area contributed by atoms with Gasteiger partial charge in [0.1, 0.15) is 0 Å². The summed E-state index contributed by atoms with van der Waals surface area (Å²) in [6.45, 7) is 6.10. The average molecular weight is 348 g/mol. The molecule has 1 aromatic carbocycles. The van der Waals surface area contributed by atoms with E-state index in [1.54, 1.807) is 0 Å². The summed E-state index contributed by atoms with van der Waals surface area (Å²) in [5, 5.41) is 3.27. The van der Waals surface area contributed by atoms with Crippen LogP contribution in [-0.4, -0.2) is 18.6 Å². The summed E-state index contributed by atoms with van der Waals surface area (Å²) >= 11 is 3.69. The maximum Gasteiger partial charge on any atom is 0.0601 e. The first kappa shape index (κ1) is 16.0. The van der Waals surface area contributed by atoms with Gasteiger partial charge >= 0.3 is 0 Å². The van der Waals surface area contributed by atoms with Gasteiger partial charge in [0.2, 0.25) is 0 Å². The van der Waals surface area contributed by atoms with Gasteiger partial charge in [-0.15, -0.1) is 0 Å². The van der Waals surface area contributed by atoms with Gasteiger partial charge in [0, 0.05) is 28.9 Å². The van der Waals surface area contributed by atoms with Gasteiger partial charge in [-0.25, -0.2) is 0 Å². The van der Waals surface area contributed by atoms with E-state index in [0.29, 0.717) is 6.04 Å². The third-order valence-corrected chi connectivity index (χ3v) is 4.40. The van der Waals surface area contributed by atoms with Crippen LogP contribution in [0.2, 0.25) is 0 Å². The summed E-state index contributed by atoms with van der Waals surface area (Å²) < 4.78 is 1.14. The van der Waals surface area contributed by atoms with Crippen molar-refractivity contribution in [1.82, 2.24) is 10.3 Å². The van der Waals surface area contributed by atoms with Crippen LogP contribution in [0.1, 0.15) is 31.1 Å². The number of pyridine rings is 1. The lowest BCUT2D eigenvalue weighted by Gasteiger charge is -2.24. The molecule has 3 nitrogen and oxygen atoms in total. The Labute approximate surface area is 135 Å². The minimum Gasteiger partial charge on any atom is -0.366 e. The van der Waals surface area contributed by atoms with Crippen molar-refractivity contribution in [2.45, 2.75) is 26.4 Å². The van der Waals surface area contributed by atoms with Gasteiger partial charge in [0.05, 0.1) is 12.2 Å². The molecule has 1 heterocycles. The van der Waals surface area contributed by atoms with Crippen molar-refractivity contribution in [3.05, 3.63) is 58.3 Å². The van der Waals surface area contributed by atoms with Gasteiger partial charge in [0.15, 0.2) is 0 Å². The maximum atomic E-state index is 4.41. The highest BCUT2D eigenvalue weighted by molar-refractivity contribution is 9.10. The SMILES string of the molecule is CCN(Cc1ccccn1)c1ccc(C(C)NC)c(Br)c1. The molecule has 0 aliphatic heterocycles. The molecule has 0 saturated heterocycles. The minimum atomic E-state index is 0.333. The van der Waals surface area contributed by atoms with Crippen molar-refractivity contribution in [2.75, 3.05) is 18.5 Å². The number of halogens is 1. The molecule has 1 N–H and O–H groups in total. The van der Waals surface area contributed by atoms with Crippen molar-refractivity contribution in [3.8, 4) is 0 Å². The Kier molecular flexibility index (Phi) is 5.76. The van der Waals surface area contributed by atoms with E-state index in [1.165, 1.54) is 11.3 Å². The van der Waals surface area contributed by atoms with Crippen LogP contribution in [0.4, 0.5) is 5.69 Å². The minimum absolute atomic E-state index is 0.333. The lowest BCUT2D eigenvalue weighted by molar-refractivity contribution is 0.649. The molecule has 0 aliphatic rings. The molecule has 0 fully saturated rings. The fourth-order valence-corrected chi connectivity index (χ4v) is 3.00. The summed E-state index contributed by atoms with van der Waals surface area (Å²) in [7, 11) is 1.98. The topological polar surface area (TPSA) is 28.2 Å². The van der Waals surface area contributed by atoms with E-state index in [0.717, 1.165) is 23.3 Å². The summed E-state index contributed by atoms with van der Waals surface area (Å²) in [6.07, 6.45) is 1.84. The number of hydrogen-bond acceptors (Lipinski definition) is 3. The van der Waals surface area contributed by atoms with Crippen molar-refractivity contribution in [3.63, 3.8) is 0 Å². The number of benzene rings is 1. The van der Waals surface area contributed by atoms with Crippen molar-refractivity contribution >= 4 is 21.6 Å². The first-order valence-electron chi connectivity index (χ1n) is 7.27. The molecule has 0 amide bonds. The molecular formula is C17H22BrN3. The van der Waals surface area contributed by atoms with E-state index in [2.05, 4.69) is 69.2 Å². The first-order valence-corrected chi connectivity index (χ1v) is 8.06. The van der Waals surface area contributed by atoms with E-state index in [1.807, 2.05) is 25.4 Å². The molecular weight excluding hydrogens is 326 g/mol. The first-order chi connectivity index (χ1) is 10.2. The Morgan fingerprint density at radius 3 is 2.67 bits per heavy atom. The van der Waals surface area contributed by atoms with Crippen LogP contribution >= 0.6 is 15.9 Å². The molecule has 1 atom stereocenters. The molecule has 2 rings (SSSR count). The zero-order chi connectivity index (χ0) is 15.2. The smallest absolute Gasteiger partial charge is 0.0601 e. The Morgan fingerprint density at radius 1 is 1.29 bits per heavy atom. The monoisotopic (exact) mass is 347 g/mol. The van der Waals surface area contributed by atoms with Crippen LogP contribution in [0, 0.1) is 0 Å². The molecule has 2 aromatic rings. The highest BCUT2D eigenvalue weighted by atomic mass is 79.9. The Morgan fingerprint density at radius 2 is 2.10 bits per heavy atom. The standard InChI is InChI=1S/C17H22BrN3/c1-4-21(12-14-7-5-6-10-20-14)15-8-9-16(13(2)19-3)17(18)11-15/h5-11,13,19H,4,12H2,1-3H3. The fraction of sp³-hybridized carbons (Fsp3) is 0.353. The summed E-state index contributed by atoms with van der Waals surface area (Å²) in [5.41, 5.74) is 3.57. The largest absolute Gasteiger partial charge is 0.366 e. The summed E-state index contributed by atoms with van der Waals surface area (Å²) in [5.74, 6) is 0. The number of hydrogen-bond donors (Lipinski definition) is 1. The lowest BCUT2D eigenvalue weighted by atomic mass is 10.1. The zero-order valence-electron chi connectivity index (χ0n) is 12.8. The number of rotatable bonds is 6. The second-order valence-electron chi connectivity index (χ2n) is 5.05. The Hall–Kier alpha value is -1.39. The lowest BCUT2D eigenvalue weighted by Crippen LogP contribution is -2.22. The fourth-order valence-electron chi connectivity index (χ4n) is 2.29. The van der Waals surface area contributed by atoms with Gasteiger partial charge in [-0.2, -0.15) is 0 Å². The van der Waals surface area contributed by atoms with Gasteiger partial charge in [-0.05, 0) is 50.7 Å². The molecule has 112 valence electrons. The third-order valence-electron chi connectivity index (χ3n) is 3.71. The normalized spacial score (nSPS) is 12.2. The van der Waals surface area contributed by atoms with Crippen molar-refractivity contribution in [1.29, 1.82) is 0 Å². The molecule has 0 radical (unpaired) electrons. The van der Waals surface area contributed by atoms with Gasteiger partial charge in [0.25, 0.3) is 0 Å². The second kappa shape index (κ2) is 7.57. The zero-order valence-corrected chi connectivity index (χ0v) is 14.4. The molecule has 0 saturated carbocycles. The molecule has 21 heavy (non-hydrogen) atoms.